The molecule has 0 spiro atoms. The van der Waals surface area contributed by atoms with Gasteiger partial charge in [-0.1, -0.05) is 0 Å². The van der Waals surface area contributed by atoms with Crippen molar-refractivity contribution in [2.45, 2.75) is 37.8 Å². The molecule has 1 aromatic rings. The molecular formula is C12H19N3S. The maximum Gasteiger partial charge on any atom is 0.0794 e. The minimum absolute atomic E-state index is 0.737. The summed E-state index contributed by atoms with van der Waals surface area (Å²) in [7, 11) is 0. The highest BCUT2D eigenvalue weighted by Gasteiger charge is 2.36. The lowest BCUT2D eigenvalue weighted by Gasteiger charge is -2.21. The Morgan fingerprint density at radius 2 is 2.44 bits per heavy atom. The van der Waals surface area contributed by atoms with Crippen molar-refractivity contribution in [2.75, 3.05) is 19.6 Å². The molecule has 16 heavy (non-hydrogen) atoms. The second kappa shape index (κ2) is 4.82. The molecule has 2 aliphatic rings. The van der Waals surface area contributed by atoms with Gasteiger partial charge in [-0.05, 0) is 25.8 Å². The quantitative estimate of drug-likeness (QED) is 0.860. The number of hydrogen-bond donors (Lipinski definition) is 1. The predicted octanol–water partition coefficient (Wildman–Crippen LogP) is 1.51. The van der Waals surface area contributed by atoms with Gasteiger partial charge in [0.05, 0.1) is 11.2 Å². The minimum Gasteiger partial charge on any atom is -0.312 e. The summed E-state index contributed by atoms with van der Waals surface area (Å²) in [6.07, 6.45) is 5.21. The van der Waals surface area contributed by atoms with Crippen LogP contribution in [0.25, 0.3) is 0 Å². The summed E-state index contributed by atoms with van der Waals surface area (Å²) in [6.45, 7) is 3.71. The van der Waals surface area contributed by atoms with Crippen LogP contribution in [0.1, 0.15) is 25.0 Å². The molecule has 3 rings (SSSR count). The Balaban J connectivity index is 1.45. The van der Waals surface area contributed by atoms with Gasteiger partial charge in [0.25, 0.3) is 0 Å². The van der Waals surface area contributed by atoms with Crippen molar-refractivity contribution in [1.82, 2.24) is 15.2 Å². The maximum absolute atomic E-state index is 4.31. The van der Waals surface area contributed by atoms with E-state index in [1.54, 1.807) is 11.3 Å². The van der Waals surface area contributed by atoms with Crippen LogP contribution in [0.5, 0.6) is 0 Å². The Kier molecular flexibility index (Phi) is 3.22. The Morgan fingerprint density at radius 3 is 3.31 bits per heavy atom. The molecule has 1 aromatic heterocycles. The fourth-order valence-corrected chi connectivity index (χ4v) is 3.66. The van der Waals surface area contributed by atoms with Crippen LogP contribution in [-0.2, 0) is 6.42 Å². The smallest absolute Gasteiger partial charge is 0.0794 e. The molecule has 2 aliphatic heterocycles. The van der Waals surface area contributed by atoms with Crippen LogP contribution in [-0.4, -0.2) is 41.6 Å². The zero-order chi connectivity index (χ0) is 10.8. The van der Waals surface area contributed by atoms with Crippen molar-refractivity contribution in [1.29, 1.82) is 0 Å². The van der Waals surface area contributed by atoms with Crippen LogP contribution in [0.15, 0.2) is 10.9 Å². The molecule has 2 unspecified atom stereocenters. The number of hydrogen-bond acceptors (Lipinski definition) is 4. The third kappa shape index (κ3) is 2.14. The molecule has 3 heterocycles. The SMILES string of the molecule is c1nc(CCNC2CCN3CCCC23)cs1. The van der Waals surface area contributed by atoms with Crippen molar-refractivity contribution >= 4 is 11.3 Å². The van der Waals surface area contributed by atoms with Gasteiger partial charge in [-0.25, -0.2) is 4.98 Å². The highest BCUT2D eigenvalue weighted by Crippen LogP contribution is 2.27. The van der Waals surface area contributed by atoms with Crippen molar-refractivity contribution in [3.8, 4) is 0 Å². The number of thiazole rings is 1. The molecule has 2 atom stereocenters. The molecule has 3 nitrogen and oxygen atoms in total. The first-order valence-corrected chi connectivity index (χ1v) is 7.22. The second-order valence-electron chi connectivity index (χ2n) is 4.82. The molecule has 88 valence electrons. The van der Waals surface area contributed by atoms with Gasteiger partial charge in [0.1, 0.15) is 0 Å². The van der Waals surface area contributed by atoms with E-state index in [0.29, 0.717) is 0 Å². The van der Waals surface area contributed by atoms with E-state index in [9.17, 15) is 0 Å². The first kappa shape index (κ1) is 10.7. The molecule has 2 fully saturated rings. The molecule has 0 saturated carbocycles. The van der Waals surface area contributed by atoms with E-state index in [0.717, 1.165) is 25.0 Å². The third-order valence-electron chi connectivity index (χ3n) is 3.88. The second-order valence-corrected chi connectivity index (χ2v) is 5.54. The molecule has 1 N–H and O–H groups in total. The highest BCUT2D eigenvalue weighted by atomic mass is 32.1. The van der Waals surface area contributed by atoms with Crippen molar-refractivity contribution < 1.29 is 0 Å². The zero-order valence-electron chi connectivity index (χ0n) is 9.56. The van der Waals surface area contributed by atoms with E-state index in [-0.39, 0.29) is 0 Å². The van der Waals surface area contributed by atoms with Crippen LogP contribution in [0, 0.1) is 0 Å². The Labute approximate surface area is 101 Å². The lowest BCUT2D eigenvalue weighted by molar-refractivity contribution is 0.299. The van der Waals surface area contributed by atoms with E-state index in [4.69, 9.17) is 0 Å². The first-order chi connectivity index (χ1) is 7.93. The van der Waals surface area contributed by atoms with E-state index in [1.165, 1.54) is 38.0 Å². The van der Waals surface area contributed by atoms with E-state index >= 15 is 0 Å². The lowest BCUT2D eigenvalue weighted by atomic mass is 10.1. The van der Waals surface area contributed by atoms with Crippen LogP contribution in [0.2, 0.25) is 0 Å². The van der Waals surface area contributed by atoms with Crippen molar-refractivity contribution in [3.05, 3.63) is 16.6 Å². The Bertz CT molecular complexity index is 325. The molecule has 0 radical (unpaired) electrons. The number of fused-ring (bicyclic) bond motifs is 1. The summed E-state index contributed by atoms with van der Waals surface area (Å²) >= 11 is 1.69. The van der Waals surface area contributed by atoms with Crippen LogP contribution in [0.4, 0.5) is 0 Å². The summed E-state index contributed by atoms with van der Waals surface area (Å²) < 4.78 is 0. The lowest BCUT2D eigenvalue weighted by Crippen LogP contribution is -2.39. The monoisotopic (exact) mass is 237 g/mol. The number of nitrogens with one attached hydrogen (secondary N) is 1. The van der Waals surface area contributed by atoms with Gasteiger partial charge in [0.15, 0.2) is 0 Å². The summed E-state index contributed by atoms with van der Waals surface area (Å²) in [4.78, 5) is 6.97. The molecule has 0 aromatic carbocycles. The standard InChI is InChI=1S/C12H19N3S/c1-2-12-11(4-7-15(12)6-1)13-5-3-10-8-16-9-14-10/h8-9,11-13H,1-7H2. The maximum atomic E-state index is 4.31. The molecule has 4 heteroatoms. The highest BCUT2D eigenvalue weighted by molar-refractivity contribution is 7.07. The molecule has 0 aliphatic carbocycles. The van der Waals surface area contributed by atoms with Gasteiger partial charge in [0, 0.05) is 37.0 Å². The Morgan fingerprint density at radius 1 is 1.44 bits per heavy atom. The van der Waals surface area contributed by atoms with Crippen molar-refractivity contribution in [3.63, 3.8) is 0 Å². The van der Waals surface area contributed by atoms with Gasteiger partial charge in [0.2, 0.25) is 0 Å². The van der Waals surface area contributed by atoms with Gasteiger partial charge < -0.3 is 5.32 Å². The van der Waals surface area contributed by atoms with Gasteiger partial charge in [-0.3, -0.25) is 4.90 Å². The summed E-state index contributed by atoms with van der Waals surface area (Å²) in [6, 6.07) is 1.57. The van der Waals surface area contributed by atoms with Crippen molar-refractivity contribution in [2.24, 2.45) is 0 Å². The molecule has 0 bridgehead atoms. The van der Waals surface area contributed by atoms with Crippen LogP contribution in [0.3, 0.4) is 0 Å². The summed E-state index contributed by atoms with van der Waals surface area (Å²) in [5.41, 5.74) is 3.16. The number of aromatic nitrogens is 1. The average Bonchev–Trinajstić information content (AvgIpc) is 2.95. The number of rotatable bonds is 4. The molecular weight excluding hydrogens is 218 g/mol. The van der Waals surface area contributed by atoms with Gasteiger partial charge in [-0.2, -0.15) is 0 Å². The minimum atomic E-state index is 0.737. The normalized spacial score (nSPS) is 29.8. The van der Waals surface area contributed by atoms with Crippen LogP contribution < -0.4 is 5.32 Å². The largest absolute Gasteiger partial charge is 0.312 e. The third-order valence-corrected chi connectivity index (χ3v) is 4.51. The zero-order valence-corrected chi connectivity index (χ0v) is 10.4. The predicted molar refractivity (Wildman–Crippen MR) is 66.8 cm³/mol. The van der Waals surface area contributed by atoms with E-state index in [2.05, 4.69) is 20.6 Å². The average molecular weight is 237 g/mol. The fraction of sp³-hybridized carbons (Fsp3) is 0.750. The van der Waals surface area contributed by atoms with E-state index < -0.39 is 0 Å². The van der Waals surface area contributed by atoms with Gasteiger partial charge in [-0.15, -0.1) is 11.3 Å². The summed E-state index contributed by atoms with van der Waals surface area (Å²) in [5, 5.41) is 5.87. The Hall–Kier alpha value is -0.450. The first-order valence-electron chi connectivity index (χ1n) is 6.28. The van der Waals surface area contributed by atoms with Gasteiger partial charge >= 0.3 is 0 Å². The number of nitrogens with zero attached hydrogens (tertiary/aromatic N) is 2. The van der Waals surface area contributed by atoms with E-state index in [1.807, 2.05) is 5.51 Å². The fourth-order valence-electron chi connectivity index (χ4n) is 3.07. The topological polar surface area (TPSA) is 28.2 Å². The van der Waals surface area contributed by atoms with Crippen LogP contribution >= 0.6 is 11.3 Å². The molecule has 0 amide bonds. The molecule has 2 saturated heterocycles. The summed E-state index contributed by atoms with van der Waals surface area (Å²) in [5.74, 6) is 0.